The zero-order chi connectivity index (χ0) is 18.3. The van der Waals surface area contributed by atoms with Gasteiger partial charge in [-0.15, -0.1) is 10.2 Å². The minimum absolute atomic E-state index is 0.134. The summed E-state index contributed by atoms with van der Waals surface area (Å²) in [5.74, 6) is 1.60. The molecule has 0 saturated carbocycles. The molecule has 1 aliphatic rings. The summed E-state index contributed by atoms with van der Waals surface area (Å²) < 4.78 is 1.88. The van der Waals surface area contributed by atoms with Crippen LogP contribution in [-0.4, -0.2) is 26.3 Å². The van der Waals surface area contributed by atoms with E-state index in [9.17, 15) is 0 Å². The first-order valence-corrected chi connectivity index (χ1v) is 9.75. The van der Waals surface area contributed by atoms with Gasteiger partial charge in [-0.05, 0) is 23.5 Å². The highest BCUT2D eigenvalue weighted by Gasteiger charge is 2.22. The molecule has 26 heavy (non-hydrogen) atoms. The summed E-state index contributed by atoms with van der Waals surface area (Å²) in [6.45, 7) is 8.78. The van der Waals surface area contributed by atoms with Crippen LogP contribution in [0, 0.1) is 6.92 Å². The first-order chi connectivity index (χ1) is 12.4. The molecule has 5 heteroatoms. The molecule has 2 heterocycles. The van der Waals surface area contributed by atoms with Crippen molar-refractivity contribution in [2.24, 2.45) is 5.10 Å². The van der Waals surface area contributed by atoms with E-state index in [4.69, 9.17) is 5.10 Å². The van der Waals surface area contributed by atoms with Crippen molar-refractivity contribution in [3.63, 3.8) is 0 Å². The highest BCUT2D eigenvalue weighted by Crippen LogP contribution is 2.30. The molecule has 4 rings (SSSR count). The molecule has 0 fully saturated rings. The van der Waals surface area contributed by atoms with Gasteiger partial charge >= 0.3 is 0 Å². The second kappa shape index (κ2) is 6.40. The van der Waals surface area contributed by atoms with Crippen LogP contribution in [0.4, 0.5) is 0 Å². The third kappa shape index (κ3) is 3.07. The Morgan fingerprint density at radius 3 is 2.38 bits per heavy atom. The van der Waals surface area contributed by atoms with Crippen LogP contribution in [0.15, 0.2) is 58.8 Å². The van der Waals surface area contributed by atoms with Crippen LogP contribution in [0.3, 0.4) is 0 Å². The summed E-state index contributed by atoms with van der Waals surface area (Å²) >= 11 is 1.68. The minimum atomic E-state index is 0.134. The van der Waals surface area contributed by atoms with Crippen LogP contribution in [0.1, 0.15) is 37.5 Å². The summed E-state index contributed by atoms with van der Waals surface area (Å²) in [5, 5.41) is 14.4. The fourth-order valence-electron chi connectivity index (χ4n) is 3.06. The van der Waals surface area contributed by atoms with Crippen LogP contribution in [0.2, 0.25) is 0 Å². The van der Waals surface area contributed by atoms with Gasteiger partial charge in [0.1, 0.15) is 0 Å². The van der Waals surface area contributed by atoms with E-state index in [0.29, 0.717) is 0 Å². The molecular weight excluding hydrogens is 340 g/mol. The molecule has 1 aromatic heterocycles. The Balaban J connectivity index is 1.75. The quantitative estimate of drug-likeness (QED) is 0.650. The van der Waals surface area contributed by atoms with E-state index in [1.165, 1.54) is 16.7 Å². The van der Waals surface area contributed by atoms with Gasteiger partial charge in [0.15, 0.2) is 5.82 Å². The molecule has 0 bridgehead atoms. The zero-order valence-corrected chi connectivity index (χ0v) is 16.3. The fourth-order valence-corrected chi connectivity index (χ4v) is 3.88. The number of hydrogen-bond acceptors (Lipinski definition) is 4. The van der Waals surface area contributed by atoms with Gasteiger partial charge < -0.3 is 0 Å². The van der Waals surface area contributed by atoms with Gasteiger partial charge in [-0.1, -0.05) is 81.1 Å². The summed E-state index contributed by atoms with van der Waals surface area (Å²) in [7, 11) is 0. The smallest absolute Gasteiger partial charge is 0.187 e. The van der Waals surface area contributed by atoms with Crippen LogP contribution in [-0.2, 0) is 5.41 Å². The molecule has 0 spiro atoms. The summed E-state index contributed by atoms with van der Waals surface area (Å²) in [6.07, 6.45) is 0. The molecule has 0 aliphatic carbocycles. The van der Waals surface area contributed by atoms with Crippen LogP contribution < -0.4 is 0 Å². The van der Waals surface area contributed by atoms with Crippen molar-refractivity contribution in [2.75, 3.05) is 5.75 Å². The predicted molar refractivity (Wildman–Crippen MR) is 108 cm³/mol. The summed E-state index contributed by atoms with van der Waals surface area (Å²) in [6, 6.07) is 16.9. The van der Waals surface area contributed by atoms with Gasteiger partial charge in [0, 0.05) is 16.9 Å². The van der Waals surface area contributed by atoms with E-state index in [1.807, 2.05) is 4.68 Å². The maximum atomic E-state index is 4.87. The Bertz CT molecular complexity index is 978. The second-order valence-electron chi connectivity index (χ2n) is 7.60. The number of nitrogens with zero attached hydrogens (tertiary/aromatic N) is 4. The maximum absolute atomic E-state index is 4.87. The van der Waals surface area contributed by atoms with Gasteiger partial charge in [-0.25, -0.2) is 0 Å². The molecule has 0 atom stereocenters. The van der Waals surface area contributed by atoms with Crippen molar-refractivity contribution in [3.8, 4) is 11.4 Å². The van der Waals surface area contributed by atoms with E-state index in [1.54, 1.807) is 11.8 Å². The molecule has 0 radical (unpaired) electrons. The summed E-state index contributed by atoms with van der Waals surface area (Å²) in [4.78, 5) is 0. The Morgan fingerprint density at radius 2 is 1.69 bits per heavy atom. The highest BCUT2D eigenvalue weighted by molar-refractivity contribution is 7.99. The Morgan fingerprint density at radius 1 is 0.962 bits per heavy atom. The van der Waals surface area contributed by atoms with Gasteiger partial charge in [0.2, 0.25) is 5.16 Å². The topological polar surface area (TPSA) is 43.1 Å². The second-order valence-corrected chi connectivity index (χ2v) is 8.54. The largest absolute Gasteiger partial charge is 0.212 e. The lowest BCUT2D eigenvalue weighted by molar-refractivity contribution is 0.590. The first kappa shape index (κ1) is 17.0. The number of thioether (sulfide) groups is 1. The summed E-state index contributed by atoms with van der Waals surface area (Å²) in [5.41, 5.74) is 5.96. The minimum Gasteiger partial charge on any atom is -0.187 e. The maximum Gasteiger partial charge on any atom is 0.212 e. The molecule has 0 unspecified atom stereocenters. The average Bonchev–Trinajstić information content (AvgIpc) is 3.04. The van der Waals surface area contributed by atoms with Gasteiger partial charge in [-0.2, -0.15) is 9.78 Å². The van der Waals surface area contributed by atoms with E-state index in [2.05, 4.69) is 86.4 Å². The lowest BCUT2D eigenvalue weighted by Gasteiger charge is -2.19. The third-order valence-electron chi connectivity index (χ3n) is 4.64. The van der Waals surface area contributed by atoms with Crippen molar-refractivity contribution in [2.45, 2.75) is 38.3 Å². The van der Waals surface area contributed by atoms with E-state index in [0.717, 1.165) is 28.0 Å². The Hall–Kier alpha value is -2.40. The van der Waals surface area contributed by atoms with Crippen molar-refractivity contribution < 1.29 is 0 Å². The van der Waals surface area contributed by atoms with E-state index < -0.39 is 0 Å². The number of fused-ring (bicyclic) bond motifs is 1. The first-order valence-electron chi connectivity index (χ1n) is 8.76. The highest BCUT2D eigenvalue weighted by atomic mass is 32.2. The van der Waals surface area contributed by atoms with E-state index in [-0.39, 0.29) is 5.41 Å². The SMILES string of the molecule is Cc1ccccc1C1=Nn2c(nnc2-c2ccc(C(C)(C)C)cc2)SC1. The Kier molecular flexibility index (Phi) is 4.19. The van der Waals surface area contributed by atoms with E-state index >= 15 is 0 Å². The molecule has 3 aromatic rings. The number of aromatic nitrogens is 3. The molecule has 2 aromatic carbocycles. The van der Waals surface area contributed by atoms with Crippen LogP contribution in [0.5, 0.6) is 0 Å². The molecule has 1 aliphatic heterocycles. The monoisotopic (exact) mass is 362 g/mol. The number of hydrogen-bond donors (Lipinski definition) is 0. The molecule has 4 nitrogen and oxygen atoms in total. The lowest BCUT2D eigenvalue weighted by Crippen LogP contribution is -2.15. The molecule has 0 N–H and O–H groups in total. The van der Waals surface area contributed by atoms with Crippen molar-refractivity contribution in [1.29, 1.82) is 0 Å². The standard InChI is InChI=1S/C21H22N4S/c1-14-7-5-6-8-17(14)18-13-26-20-23-22-19(25(20)24-18)15-9-11-16(12-10-15)21(2,3)4/h5-12H,13H2,1-4H3. The average molecular weight is 363 g/mol. The van der Waals surface area contributed by atoms with Crippen LogP contribution in [0.25, 0.3) is 11.4 Å². The normalized spacial score (nSPS) is 14.1. The van der Waals surface area contributed by atoms with Gasteiger partial charge in [0.05, 0.1) is 5.71 Å². The fraction of sp³-hybridized carbons (Fsp3) is 0.286. The predicted octanol–water partition coefficient (Wildman–Crippen LogP) is 4.91. The molecular formula is C21H22N4S. The molecule has 0 saturated heterocycles. The van der Waals surface area contributed by atoms with Gasteiger partial charge in [0.25, 0.3) is 0 Å². The lowest BCUT2D eigenvalue weighted by atomic mass is 9.87. The van der Waals surface area contributed by atoms with Crippen molar-refractivity contribution in [1.82, 2.24) is 14.9 Å². The third-order valence-corrected chi connectivity index (χ3v) is 5.57. The van der Waals surface area contributed by atoms with Gasteiger partial charge in [-0.3, -0.25) is 0 Å². The number of benzene rings is 2. The molecule has 0 amide bonds. The number of aryl methyl sites for hydroxylation is 1. The number of rotatable bonds is 2. The zero-order valence-electron chi connectivity index (χ0n) is 15.5. The van der Waals surface area contributed by atoms with Crippen molar-refractivity contribution >= 4 is 17.5 Å². The van der Waals surface area contributed by atoms with Crippen molar-refractivity contribution in [3.05, 3.63) is 65.2 Å². The Labute approximate surface area is 158 Å². The van der Waals surface area contributed by atoms with Crippen LogP contribution >= 0.6 is 11.8 Å². The molecule has 132 valence electrons.